The first-order valence-corrected chi connectivity index (χ1v) is 7.54. The average molecular weight is 297 g/mol. The van der Waals surface area contributed by atoms with E-state index in [1.54, 1.807) is 0 Å². The quantitative estimate of drug-likeness (QED) is 0.868. The van der Waals surface area contributed by atoms with Crippen LogP contribution in [0.4, 0.5) is 4.39 Å². The molecule has 108 valence electrons. The molecule has 0 radical (unpaired) electrons. The number of halogens is 2. The van der Waals surface area contributed by atoms with Gasteiger partial charge >= 0.3 is 0 Å². The van der Waals surface area contributed by atoms with Crippen molar-refractivity contribution < 1.29 is 9.18 Å². The molecule has 3 rings (SSSR count). The van der Waals surface area contributed by atoms with Crippen LogP contribution in [0.3, 0.4) is 0 Å². The lowest BCUT2D eigenvalue weighted by molar-refractivity contribution is 0.0914. The van der Waals surface area contributed by atoms with Crippen LogP contribution in [-0.4, -0.2) is 16.9 Å². The SMILES string of the molecule is CC(NC(=O)c1cc(F)cnc1Cl)C1CC2CCC1C2. The predicted molar refractivity (Wildman–Crippen MR) is 75.1 cm³/mol. The number of fused-ring (bicyclic) bond motifs is 2. The molecule has 1 aromatic rings. The Morgan fingerprint density at radius 2 is 2.30 bits per heavy atom. The van der Waals surface area contributed by atoms with Crippen molar-refractivity contribution in [1.82, 2.24) is 10.3 Å². The van der Waals surface area contributed by atoms with Crippen LogP contribution in [0.1, 0.15) is 43.0 Å². The zero-order chi connectivity index (χ0) is 14.3. The number of carbonyl (C=O) groups excluding carboxylic acids is 1. The average Bonchev–Trinajstić information content (AvgIpc) is 3.03. The van der Waals surface area contributed by atoms with E-state index in [-0.39, 0.29) is 22.7 Å². The topological polar surface area (TPSA) is 42.0 Å². The van der Waals surface area contributed by atoms with Gasteiger partial charge in [-0.2, -0.15) is 0 Å². The van der Waals surface area contributed by atoms with E-state index in [1.165, 1.54) is 25.7 Å². The van der Waals surface area contributed by atoms with Crippen LogP contribution in [0.2, 0.25) is 5.15 Å². The number of hydrogen-bond acceptors (Lipinski definition) is 2. The van der Waals surface area contributed by atoms with Crippen LogP contribution in [0.5, 0.6) is 0 Å². The van der Waals surface area contributed by atoms with Crippen molar-refractivity contribution in [3.63, 3.8) is 0 Å². The van der Waals surface area contributed by atoms with Crippen molar-refractivity contribution in [1.29, 1.82) is 0 Å². The van der Waals surface area contributed by atoms with E-state index in [0.717, 1.165) is 24.1 Å². The normalized spacial score (nSPS) is 29.4. The first-order valence-electron chi connectivity index (χ1n) is 7.16. The van der Waals surface area contributed by atoms with Gasteiger partial charge in [0.2, 0.25) is 0 Å². The largest absolute Gasteiger partial charge is 0.349 e. The summed E-state index contributed by atoms with van der Waals surface area (Å²) in [4.78, 5) is 15.9. The molecular weight excluding hydrogens is 279 g/mol. The third kappa shape index (κ3) is 2.53. The standard InChI is InChI=1S/C15H18ClFN2O/c1-8(12-5-9-2-3-10(12)4-9)19-15(20)13-6-11(17)7-18-14(13)16/h6-10,12H,2-5H2,1H3,(H,19,20). The number of pyridine rings is 1. The van der Waals surface area contributed by atoms with Gasteiger partial charge in [0, 0.05) is 6.04 Å². The fourth-order valence-corrected chi connectivity index (χ4v) is 4.07. The minimum absolute atomic E-state index is 0.0454. The lowest BCUT2D eigenvalue weighted by Gasteiger charge is -2.28. The molecule has 20 heavy (non-hydrogen) atoms. The van der Waals surface area contributed by atoms with E-state index >= 15 is 0 Å². The molecule has 4 unspecified atom stereocenters. The summed E-state index contributed by atoms with van der Waals surface area (Å²) in [5, 5.41) is 3.01. The minimum atomic E-state index is -0.549. The van der Waals surface area contributed by atoms with Crippen LogP contribution in [0, 0.1) is 23.6 Å². The van der Waals surface area contributed by atoms with Crippen LogP contribution >= 0.6 is 11.6 Å². The van der Waals surface area contributed by atoms with Gasteiger partial charge in [0.15, 0.2) is 0 Å². The third-order valence-electron chi connectivity index (χ3n) is 4.84. The fraction of sp³-hybridized carbons (Fsp3) is 0.600. The number of nitrogens with one attached hydrogen (secondary N) is 1. The van der Waals surface area contributed by atoms with E-state index in [2.05, 4.69) is 10.3 Å². The van der Waals surface area contributed by atoms with Crippen molar-refractivity contribution in [2.75, 3.05) is 0 Å². The number of aromatic nitrogens is 1. The summed E-state index contributed by atoms with van der Waals surface area (Å²) in [7, 11) is 0. The van der Waals surface area contributed by atoms with E-state index < -0.39 is 5.82 Å². The van der Waals surface area contributed by atoms with E-state index in [4.69, 9.17) is 11.6 Å². The Labute approximate surface area is 122 Å². The molecule has 0 aliphatic heterocycles. The lowest BCUT2D eigenvalue weighted by Crippen LogP contribution is -2.40. The van der Waals surface area contributed by atoms with E-state index in [0.29, 0.717) is 5.92 Å². The Bertz CT molecular complexity index is 537. The van der Waals surface area contributed by atoms with Gasteiger partial charge in [-0.25, -0.2) is 9.37 Å². The van der Waals surface area contributed by atoms with Gasteiger partial charge in [0.25, 0.3) is 5.91 Å². The van der Waals surface area contributed by atoms with Gasteiger partial charge in [-0.1, -0.05) is 18.0 Å². The van der Waals surface area contributed by atoms with Crippen molar-refractivity contribution in [2.24, 2.45) is 17.8 Å². The first kappa shape index (κ1) is 13.8. The number of hydrogen-bond donors (Lipinski definition) is 1. The Balaban J connectivity index is 1.68. The molecule has 0 aromatic carbocycles. The third-order valence-corrected chi connectivity index (χ3v) is 5.15. The molecule has 3 nitrogen and oxygen atoms in total. The number of amides is 1. The van der Waals surface area contributed by atoms with Crippen LogP contribution < -0.4 is 5.32 Å². The Hall–Kier alpha value is -1.16. The second-order valence-electron chi connectivity index (χ2n) is 6.09. The number of nitrogens with zero attached hydrogens (tertiary/aromatic N) is 1. The molecule has 1 N–H and O–H groups in total. The molecule has 1 aromatic heterocycles. The van der Waals surface area contributed by atoms with Gasteiger partial charge in [-0.15, -0.1) is 0 Å². The lowest BCUT2D eigenvalue weighted by atomic mass is 9.84. The van der Waals surface area contributed by atoms with Gasteiger partial charge in [0.1, 0.15) is 11.0 Å². The maximum atomic E-state index is 13.2. The molecule has 0 spiro atoms. The summed E-state index contributed by atoms with van der Waals surface area (Å²) in [6.45, 7) is 2.03. The maximum absolute atomic E-state index is 13.2. The summed E-state index contributed by atoms with van der Waals surface area (Å²) >= 11 is 5.86. The molecule has 1 heterocycles. The van der Waals surface area contributed by atoms with Gasteiger partial charge in [0.05, 0.1) is 11.8 Å². The monoisotopic (exact) mass is 296 g/mol. The predicted octanol–water partition coefficient (Wildman–Crippen LogP) is 3.43. The van der Waals surface area contributed by atoms with E-state index in [1.807, 2.05) is 6.92 Å². The fourth-order valence-electron chi connectivity index (χ4n) is 3.88. The highest BCUT2D eigenvalue weighted by molar-refractivity contribution is 6.32. The summed E-state index contributed by atoms with van der Waals surface area (Å²) in [6.07, 6.45) is 6.12. The summed E-state index contributed by atoms with van der Waals surface area (Å²) in [5.74, 6) is 1.22. The molecule has 2 aliphatic rings. The summed E-state index contributed by atoms with van der Waals surface area (Å²) < 4.78 is 13.2. The van der Waals surface area contributed by atoms with Gasteiger partial charge in [-0.05, 0) is 50.0 Å². The highest BCUT2D eigenvalue weighted by atomic mass is 35.5. The Morgan fingerprint density at radius 3 is 2.95 bits per heavy atom. The first-order chi connectivity index (χ1) is 9.54. The van der Waals surface area contributed by atoms with Gasteiger partial charge < -0.3 is 5.32 Å². The molecule has 2 saturated carbocycles. The van der Waals surface area contributed by atoms with Crippen molar-refractivity contribution >= 4 is 17.5 Å². The van der Waals surface area contributed by atoms with Crippen LogP contribution in [0.25, 0.3) is 0 Å². The Kier molecular flexibility index (Phi) is 3.67. The Morgan fingerprint density at radius 1 is 1.50 bits per heavy atom. The zero-order valence-electron chi connectivity index (χ0n) is 11.4. The van der Waals surface area contributed by atoms with Gasteiger partial charge in [-0.3, -0.25) is 4.79 Å². The highest BCUT2D eigenvalue weighted by Gasteiger charge is 2.42. The second kappa shape index (κ2) is 5.32. The number of rotatable bonds is 3. The molecule has 2 fully saturated rings. The smallest absolute Gasteiger partial charge is 0.254 e. The van der Waals surface area contributed by atoms with Crippen LogP contribution in [0.15, 0.2) is 12.3 Å². The molecule has 1 amide bonds. The second-order valence-corrected chi connectivity index (χ2v) is 6.45. The molecule has 0 saturated heterocycles. The van der Waals surface area contributed by atoms with Crippen molar-refractivity contribution in [3.05, 3.63) is 28.8 Å². The molecule has 5 heteroatoms. The summed E-state index contributed by atoms with van der Waals surface area (Å²) in [6, 6.07) is 1.23. The maximum Gasteiger partial charge on any atom is 0.254 e. The molecule has 2 aliphatic carbocycles. The molecular formula is C15H18ClFN2O. The van der Waals surface area contributed by atoms with Crippen molar-refractivity contribution in [3.8, 4) is 0 Å². The number of carbonyl (C=O) groups is 1. The zero-order valence-corrected chi connectivity index (χ0v) is 12.2. The van der Waals surface area contributed by atoms with Crippen molar-refractivity contribution in [2.45, 2.75) is 38.6 Å². The van der Waals surface area contributed by atoms with E-state index in [9.17, 15) is 9.18 Å². The highest BCUT2D eigenvalue weighted by Crippen LogP contribution is 2.49. The van der Waals surface area contributed by atoms with Crippen LogP contribution in [-0.2, 0) is 0 Å². The molecule has 4 atom stereocenters. The molecule has 2 bridgehead atoms. The minimum Gasteiger partial charge on any atom is -0.349 e. The summed E-state index contributed by atoms with van der Waals surface area (Å²) in [5.41, 5.74) is 0.113.